The van der Waals surface area contributed by atoms with E-state index in [0.29, 0.717) is 22.9 Å². The van der Waals surface area contributed by atoms with Gasteiger partial charge in [-0.05, 0) is 12.1 Å². The van der Waals surface area contributed by atoms with Gasteiger partial charge in [0.1, 0.15) is 11.5 Å². The Morgan fingerprint density at radius 1 is 1.08 bits per heavy atom. The number of imide groups is 1. The first kappa shape index (κ1) is 17.2. The van der Waals surface area contributed by atoms with Crippen LogP contribution >= 0.6 is 11.8 Å². The molecule has 2 aromatic carbocycles. The molecule has 0 aromatic heterocycles. The van der Waals surface area contributed by atoms with Crippen molar-refractivity contribution in [2.45, 2.75) is 16.6 Å². The average Bonchev–Trinajstić information content (AvgIpc) is 2.90. The van der Waals surface area contributed by atoms with E-state index in [0.717, 1.165) is 4.90 Å². The summed E-state index contributed by atoms with van der Waals surface area (Å²) in [4.78, 5) is 27.2. The third-order valence-corrected chi connectivity index (χ3v) is 5.17. The van der Waals surface area contributed by atoms with Crippen LogP contribution in [-0.4, -0.2) is 31.3 Å². The van der Waals surface area contributed by atoms with Gasteiger partial charge in [-0.3, -0.25) is 9.59 Å². The highest BCUT2D eigenvalue weighted by molar-refractivity contribution is 8.00. The minimum atomic E-state index is -0.505. The third kappa shape index (κ3) is 3.41. The van der Waals surface area contributed by atoms with Crippen LogP contribution < -0.4 is 20.1 Å². The maximum absolute atomic E-state index is 12.8. The molecule has 1 fully saturated rings. The van der Waals surface area contributed by atoms with Gasteiger partial charge in [0.2, 0.25) is 11.8 Å². The van der Waals surface area contributed by atoms with Crippen LogP contribution in [0.15, 0.2) is 47.4 Å². The number of nitrogens with two attached hydrogens (primary N) is 1. The van der Waals surface area contributed by atoms with Gasteiger partial charge >= 0.3 is 0 Å². The van der Waals surface area contributed by atoms with Crippen molar-refractivity contribution < 1.29 is 19.1 Å². The molecule has 7 heteroatoms. The number of hydrogen-bond acceptors (Lipinski definition) is 6. The van der Waals surface area contributed by atoms with E-state index in [-0.39, 0.29) is 18.2 Å². The lowest BCUT2D eigenvalue weighted by molar-refractivity contribution is -0.121. The standard InChI is InChI=1S/C18H18N2O4S/c1-23-12-7-11(8-13(9-12)24-2)20-17(21)10-16(18(20)22)25-15-6-4-3-5-14(15)19/h3-9,16H,10,19H2,1-2H3/t16-/m1/s1. The Morgan fingerprint density at radius 2 is 1.72 bits per heavy atom. The number of para-hydroxylation sites is 1. The van der Waals surface area contributed by atoms with Crippen LogP contribution in [0.25, 0.3) is 0 Å². The van der Waals surface area contributed by atoms with Crippen molar-refractivity contribution >= 4 is 35.0 Å². The normalized spacial score (nSPS) is 17.0. The summed E-state index contributed by atoms with van der Waals surface area (Å²) in [5, 5.41) is -0.505. The fraction of sp³-hybridized carbons (Fsp3) is 0.222. The summed E-state index contributed by atoms with van der Waals surface area (Å²) in [5.74, 6) is 0.498. The monoisotopic (exact) mass is 358 g/mol. The van der Waals surface area contributed by atoms with Gasteiger partial charge in [-0.25, -0.2) is 4.90 Å². The first-order valence-corrected chi connectivity index (χ1v) is 8.52. The minimum absolute atomic E-state index is 0.122. The smallest absolute Gasteiger partial charge is 0.247 e. The van der Waals surface area contributed by atoms with Crippen LogP contribution in [0.1, 0.15) is 6.42 Å². The van der Waals surface area contributed by atoms with Gasteiger partial charge in [-0.15, -0.1) is 11.8 Å². The number of anilines is 2. The Labute approximate surface area is 149 Å². The molecule has 0 bridgehead atoms. The second-order valence-electron chi connectivity index (χ2n) is 5.49. The Morgan fingerprint density at radius 3 is 2.32 bits per heavy atom. The number of amides is 2. The number of benzene rings is 2. The number of methoxy groups -OCH3 is 2. The van der Waals surface area contributed by atoms with Crippen molar-refractivity contribution in [1.29, 1.82) is 0 Å². The molecule has 2 aromatic rings. The molecule has 1 aliphatic heterocycles. The molecular weight excluding hydrogens is 340 g/mol. The van der Waals surface area contributed by atoms with E-state index in [1.165, 1.54) is 30.9 Å². The molecule has 0 unspecified atom stereocenters. The molecule has 130 valence electrons. The summed E-state index contributed by atoms with van der Waals surface area (Å²) in [6, 6.07) is 12.3. The fourth-order valence-electron chi connectivity index (χ4n) is 2.63. The van der Waals surface area contributed by atoms with Crippen molar-refractivity contribution in [3.05, 3.63) is 42.5 Å². The Bertz CT molecular complexity index is 802. The highest BCUT2D eigenvalue weighted by Crippen LogP contribution is 2.38. The molecule has 0 spiro atoms. The second-order valence-corrected chi connectivity index (χ2v) is 6.73. The summed E-state index contributed by atoms with van der Waals surface area (Å²) in [6.45, 7) is 0. The van der Waals surface area contributed by atoms with E-state index in [2.05, 4.69) is 0 Å². The van der Waals surface area contributed by atoms with Crippen molar-refractivity contribution in [2.75, 3.05) is 24.9 Å². The lowest BCUT2D eigenvalue weighted by atomic mass is 10.2. The molecule has 6 nitrogen and oxygen atoms in total. The number of carbonyl (C=O) groups excluding carboxylic acids is 2. The highest BCUT2D eigenvalue weighted by atomic mass is 32.2. The summed E-state index contributed by atoms with van der Waals surface area (Å²) in [7, 11) is 3.03. The molecule has 1 heterocycles. The van der Waals surface area contributed by atoms with E-state index < -0.39 is 5.25 Å². The molecule has 1 aliphatic rings. The van der Waals surface area contributed by atoms with Crippen molar-refractivity contribution in [2.24, 2.45) is 0 Å². The number of ether oxygens (including phenoxy) is 2. The average molecular weight is 358 g/mol. The van der Waals surface area contributed by atoms with Crippen LogP contribution in [0.4, 0.5) is 11.4 Å². The molecule has 3 rings (SSSR count). The predicted octanol–water partition coefficient (Wildman–Crippen LogP) is 2.71. The van der Waals surface area contributed by atoms with Crippen molar-refractivity contribution in [3.8, 4) is 11.5 Å². The number of carbonyl (C=O) groups is 2. The van der Waals surface area contributed by atoms with E-state index >= 15 is 0 Å². The van der Waals surface area contributed by atoms with Crippen LogP contribution in [0, 0.1) is 0 Å². The van der Waals surface area contributed by atoms with E-state index in [9.17, 15) is 9.59 Å². The van der Waals surface area contributed by atoms with Gasteiger partial charge < -0.3 is 15.2 Å². The number of nitrogens with zero attached hydrogens (tertiary/aromatic N) is 1. The van der Waals surface area contributed by atoms with E-state index in [1.54, 1.807) is 24.3 Å². The van der Waals surface area contributed by atoms with Gasteiger partial charge in [-0.2, -0.15) is 0 Å². The first-order valence-electron chi connectivity index (χ1n) is 7.64. The number of nitrogen functional groups attached to an aromatic ring is 1. The Hall–Kier alpha value is -2.67. The zero-order valence-electron chi connectivity index (χ0n) is 13.9. The maximum atomic E-state index is 12.8. The molecular formula is C18H18N2O4S. The Kier molecular flexibility index (Phi) is 4.85. The van der Waals surface area contributed by atoms with Gasteiger partial charge in [0.25, 0.3) is 0 Å². The summed E-state index contributed by atoms with van der Waals surface area (Å²) in [6.07, 6.45) is 0.122. The third-order valence-electron chi connectivity index (χ3n) is 3.89. The zero-order chi connectivity index (χ0) is 18.0. The molecule has 1 atom stereocenters. The highest BCUT2D eigenvalue weighted by Gasteiger charge is 2.40. The SMILES string of the molecule is COc1cc(OC)cc(N2C(=O)C[C@@H](Sc3ccccc3N)C2=O)c1. The second kappa shape index (κ2) is 7.06. The van der Waals surface area contributed by atoms with Gasteiger partial charge in [0.05, 0.1) is 25.2 Å². The predicted molar refractivity (Wildman–Crippen MR) is 97.2 cm³/mol. The molecule has 1 saturated heterocycles. The van der Waals surface area contributed by atoms with Crippen LogP contribution in [0.3, 0.4) is 0 Å². The van der Waals surface area contributed by atoms with Gasteiger partial charge in [0.15, 0.2) is 0 Å². The molecule has 2 amide bonds. The molecule has 2 N–H and O–H groups in total. The summed E-state index contributed by atoms with van der Waals surface area (Å²) >= 11 is 1.31. The van der Waals surface area contributed by atoms with Crippen LogP contribution in [-0.2, 0) is 9.59 Å². The van der Waals surface area contributed by atoms with Gasteiger partial charge in [0, 0.05) is 35.2 Å². The Balaban J connectivity index is 1.88. The fourth-order valence-corrected chi connectivity index (χ4v) is 3.73. The molecule has 0 radical (unpaired) electrons. The van der Waals surface area contributed by atoms with Crippen LogP contribution in [0.5, 0.6) is 11.5 Å². The topological polar surface area (TPSA) is 81.9 Å². The first-order chi connectivity index (χ1) is 12.0. The molecule has 0 saturated carbocycles. The summed E-state index contributed by atoms with van der Waals surface area (Å²) < 4.78 is 10.4. The number of rotatable bonds is 5. The molecule has 0 aliphatic carbocycles. The zero-order valence-corrected chi connectivity index (χ0v) is 14.7. The quantitative estimate of drug-likeness (QED) is 0.654. The van der Waals surface area contributed by atoms with Crippen molar-refractivity contribution in [1.82, 2.24) is 0 Å². The largest absolute Gasteiger partial charge is 0.497 e. The van der Waals surface area contributed by atoms with Crippen molar-refractivity contribution in [3.63, 3.8) is 0 Å². The number of thioether (sulfide) groups is 1. The summed E-state index contributed by atoms with van der Waals surface area (Å²) in [5.41, 5.74) is 6.97. The minimum Gasteiger partial charge on any atom is -0.497 e. The lowest BCUT2D eigenvalue weighted by Crippen LogP contribution is -2.31. The maximum Gasteiger partial charge on any atom is 0.247 e. The van der Waals surface area contributed by atoms with Crippen LogP contribution in [0.2, 0.25) is 0 Å². The van der Waals surface area contributed by atoms with E-state index in [1.807, 2.05) is 18.2 Å². The van der Waals surface area contributed by atoms with Gasteiger partial charge in [-0.1, -0.05) is 12.1 Å². The molecule has 25 heavy (non-hydrogen) atoms. The number of hydrogen-bond donors (Lipinski definition) is 1. The lowest BCUT2D eigenvalue weighted by Gasteiger charge is -2.17. The van der Waals surface area contributed by atoms with E-state index in [4.69, 9.17) is 15.2 Å².